The molecule has 1 saturated heterocycles. The lowest BCUT2D eigenvalue weighted by Gasteiger charge is -2.28. The summed E-state index contributed by atoms with van der Waals surface area (Å²) in [5.74, 6) is 0.645. The van der Waals surface area contributed by atoms with Gasteiger partial charge in [0.2, 0.25) is 0 Å². The van der Waals surface area contributed by atoms with Crippen LogP contribution in [0.4, 0.5) is 5.69 Å². The number of nitrogens with zero attached hydrogens (tertiary/aromatic N) is 1. The zero-order valence-corrected chi connectivity index (χ0v) is 12.4. The molecule has 6 heteroatoms. The lowest BCUT2D eigenvalue weighted by atomic mass is 10.2. The maximum atomic E-state index is 10.0. The number of aliphatic hydroxyl groups is 1. The molecule has 0 saturated carbocycles. The molecule has 0 spiro atoms. The van der Waals surface area contributed by atoms with Gasteiger partial charge < -0.3 is 19.9 Å². The van der Waals surface area contributed by atoms with Gasteiger partial charge in [-0.2, -0.15) is 0 Å². The van der Waals surface area contributed by atoms with Crippen LogP contribution in [0.1, 0.15) is 0 Å². The topological polar surface area (TPSA) is 54.0 Å². The van der Waals surface area contributed by atoms with E-state index in [-0.39, 0.29) is 0 Å². The molecule has 1 fully saturated rings. The van der Waals surface area contributed by atoms with Gasteiger partial charge in [-0.25, -0.2) is 0 Å². The molecule has 0 bridgehead atoms. The summed E-state index contributed by atoms with van der Waals surface area (Å²) in [4.78, 5) is 2.21. The van der Waals surface area contributed by atoms with Crippen molar-refractivity contribution in [3.05, 3.63) is 23.2 Å². The van der Waals surface area contributed by atoms with E-state index in [0.717, 1.165) is 32.0 Å². The van der Waals surface area contributed by atoms with Crippen LogP contribution < -0.4 is 10.1 Å². The number of morpholine rings is 1. The van der Waals surface area contributed by atoms with Crippen molar-refractivity contribution in [2.24, 2.45) is 0 Å². The standard InChI is InChI=1S/C14H21ClN2O3/c1-19-14-3-2-11(8-13(14)15)16-9-12(18)10-17-4-6-20-7-5-17/h2-3,8,12,16,18H,4-7,9-10H2,1H3. The van der Waals surface area contributed by atoms with Gasteiger partial charge in [0, 0.05) is 31.9 Å². The van der Waals surface area contributed by atoms with Crippen LogP contribution in [0.3, 0.4) is 0 Å². The summed E-state index contributed by atoms with van der Waals surface area (Å²) >= 11 is 6.05. The summed E-state index contributed by atoms with van der Waals surface area (Å²) in [5, 5.41) is 13.8. The largest absolute Gasteiger partial charge is 0.495 e. The molecule has 2 N–H and O–H groups in total. The molecular formula is C14H21ClN2O3. The average Bonchev–Trinajstić information content (AvgIpc) is 2.46. The molecule has 0 aromatic heterocycles. The Bertz CT molecular complexity index is 425. The van der Waals surface area contributed by atoms with E-state index in [1.54, 1.807) is 19.2 Å². The smallest absolute Gasteiger partial charge is 0.137 e. The number of hydrogen-bond acceptors (Lipinski definition) is 5. The van der Waals surface area contributed by atoms with Crippen molar-refractivity contribution < 1.29 is 14.6 Å². The fourth-order valence-corrected chi connectivity index (χ4v) is 2.42. The molecule has 20 heavy (non-hydrogen) atoms. The van der Waals surface area contributed by atoms with E-state index in [9.17, 15) is 5.11 Å². The van der Waals surface area contributed by atoms with Gasteiger partial charge in [0.05, 0.1) is 31.5 Å². The van der Waals surface area contributed by atoms with Crippen molar-refractivity contribution in [1.29, 1.82) is 0 Å². The van der Waals surface area contributed by atoms with Gasteiger partial charge in [-0.05, 0) is 18.2 Å². The number of hydrogen-bond donors (Lipinski definition) is 2. The number of methoxy groups -OCH3 is 1. The molecule has 1 unspecified atom stereocenters. The van der Waals surface area contributed by atoms with E-state index in [1.165, 1.54) is 0 Å². The third-order valence-electron chi connectivity index (χ3n) is 3.27. The van der Waals surface area contributed by atoms with Crippen molar-refractivity contribution in [2.45, 2.75) is 6.10 Å². The summed E-state index contributed by atoms with van der Waals surface area (Å²) in [5.41, 5.74) is 0.872. The maximum Gasteiger partial charge on any atom is 0.137 e. The Kier molecular flexibility index (Phi) is 5.91. The molecule has 0 radical (unpaired) electrons. The van der Waals surface area contributed by atoms with Gasteiger partial charge in [-0.3, -0.25) is 4.90 Å². The molecule has 1 aliphatic rings. The number of nitrogens with one attached hydrogen (secondary N) is 1. The lowest BCUT2D eigenvalue weighted by molar-refractivity contribution is 0.0171. The minimum Gasteiger partial charge on any atom is -0.495 e. The quantitative estimate of drug-likeness (QED) is 0.833. The van der Waals surface area contributed by atoms with Crippen LogP contribution in [0.2, 0.25) is 5.02 Å². The highest BCUT2D eigenvalue weighted by molar-refractivity contribution is 6.32. The van der Waals surface area contributed by atoms with E-state index in [1.807, 2.05) is 6.07 Å². The predicted molar refractivity (Wildman–Crippen MR) is 79.8 cm³/mol. The van der Waals surface area contributed by atoms with Crippen molar-refractivity contribution in [2.75, 3.05) is 51.8 Å². The summed E-state index contributed by atoms with van der Waals surface area (Å²) in [6.45, 7) is 4.39. The summed E-state index contributed by atoms with van der Waals surface area (Å²) in [6.07, 6.45) is -0.422. The van der Waals surface area contributed by atoms with Crippen molar-refractivity contribution in [3.8, 4) is 5.75 Å². The molecule has 1 aromatic carbocycles. The number of benzene rings is 1. The van der Waals surface area contributed by atoms with Crippen LogP contribution in [-0.4, -0.2) is 62.6 Å². The fraction of sp³-hybridized carbons (Fsp3) is 0.571. The second kappa shape index (κ2) is 7.69. The SMILES string of the molecule is COc1ccc(NCC(O)CN2CCOCC2)cc1Cl. The first-order chi connectivity index (χ1) is 9.69. The number of ether oxygens (including phenoxy) is 2. The molecule has 5 nitrogen and oxygen atoms in total. The Hall–Kier alpha value is -1.01. The van der Waals surface area contributed by atoms with Crippen LogP contribution in [0, 0.1) is 0 Å². The highest BCUT2D eigenvalue weighted by Gasteiger charge is 2.14. The zero-order valence-electron chi connectivity index (χ0n) is 11.6. The fourth-order valence-electron chi connectivity index (χ4n) is 2.16. The second-order valence-electron chi connectivity index (χ2n) is 4.80. The van der Waals surface area contributed by atoms with Crippen molar-refractivity contribution >= 4 is 17.3 Å². The summed E-state index contributed by atoms with van der Waals surface area (Å²) in [6, 6.07) is 5.48. The second-order valence-corrected chi connectivity index (χ2v) is 5.20. The van der Waals surface area contributed by atoms with Crippen molar-refractivity contribution in [1.82, 2.24) is 4.90 Å². The van der Waals surface area contributed by atoms with Crippen LogP contribution in [0.15, 0.2) is 18.2 Å². The molecular weight excluding hydrogens is 280 g/mol. The predicted octanol–water partition coefficient (Wildman–Crippen LogP) is 1.45. The van der Waals surface area contributed by atoms with E-state index >= 15 is 0 Å². The molecule has 1 heterocycles. The molecule has 0 amide bonds. The maximum absolute atomic E-state index is 10.0. The Balaban J connectivity index is 1.77. The van der Waals surface area contributed by atoms with E-state index in [2.05, 4.69) is 10.2 Å². The first-order valence-corrected chi connectivity index (χ1v) is 7.12. The number of anilines is 1. The summed E-state index contributed by atoms with van der Waals surface area (Å²) in [7, 11) is 1.58. The normalized spacial score (nSPS) is 17.8. The van der Waals surface area contributed by atoms with Crippen LogP contribution in [0.25, 0.3) is 0 Å². The Morgan fingerprint density at radius 3 is 2.85 bits per heavy atom. The van der Waals surface area contributed by atoms with Crippen molar-refractivity contribution in [3.63, 3.8) is 0 Å². The average molecular weight is 301 g/mol. The Morgan fingerprint density at radius 1 is 1.45 bits per heavy atom. The van der Waals surface area contributed by atoms with E-state index in [4.69, 9.17) is 21.1 Å². The number of β-amino-alcohol motifs (C(OH)–C–C–N with tert-alkyl or cyclic N) is 1. The van der Waals surface area contributed by atoms with Gasteiger partial charge in [0.1, 0.15) is 5.75 Å². The first-order valence-electron chi connectivity index (χ1n) is 6.74. The van der Waals surface area contributed by atoms with Crippen LogP contribution >= 0.6 is 11.6 Å². The van der Waals surface area contributed by atoms with Gasteiger partial charge in [-0.15, -0.1) is 0 Å². The molecule has 2 rings (SSSR count). The van der Waals surface area contributed by atoms with Gasteiger partial charge in [0.15, 0.2) is 0 Å². The lowest BCUT2D eigenvalue weighted by Crippen LogP contribution is -2.42. The highest BCUT2D eigenvalue weighted by atomic mass is 35.5. The first kappa shape index (κ1) is 15.4. The highest BCUT2D eigenvalue weighted by Crippen LogP contribution is 2.27. The minimum absolute atomic E-state index is 0.422. The summed E-state index contributed by atoms with van der Waals surface area (Å²) < 4.78 is 10.4. The number of rotatable bonds is 6. The Morgan fingerprint density at radius 2 is 2.20 bits per heavy atom. The third-order valence-corrected chi connectivity index (χ3v) is 3.56. The molecule has 1 aromatic rings. The molecule has 112 valence electrons. The van der Waals surface area contributed by atoms with E-state index < -0.39 is 6.10 Å². The minimum atomic E-state index is -0.422. The van der Waals surface area contributed by atoms with E-state index in [0.29, 0.717) is 23.9 Å². The Labute approximate surface area is 124 Å². The molecule has 1 aliphatic heterocycles. The van der Waals surface area contributed by atoms with Gasteiger partial charge in [-0.1, -0.05) is 11.6 Å². The van der Waals surface area contributed by atoms with Gasteiger partial charge >= 0.3 is 0 Å². The monoisotopic (exact) mass is 300 g/mol. The number of halogens is 1. The third kappa shape index (κ3) is 4.52. The van der Waals surface area contributed by atoms with Gasteiger partial charge in [0.25, 0.3) is 0 Å². The number of aliphatic hydroxyl groups excluding tert-OH is 1. The zero-order chi connectivity index (χ0) is 14.4. The molecule has 0 aliphatic carbocycles. The van der Waals surface area contributed by atoms with Crippen LogP contribution in [0.5, 0.6) is 5.75 Å². The van der Waals surface area contributed by atoms with Crippen LogP contribution in [-0.2, 0) is 4.74 Å². The molecule has 1 atom stereocenters.